The highest BCUT2D eigenvalue weighted by atomic mass is 16.7. The summed E-state index contributed by atoms with van der Waals surface area (Å²) >= 11 is 0. The number of rotatable bonds is 4. The summed E-state index contributed by atoms with van der Waals surface area (Å²) in [7, 11) is 2.78. The van der Waals surface area contributed by atoms with Crippen molar-refractivity contribution < 1.29 is 19.0 Å². The number of carbonyl (C=O) groups excluding carboxylic acids is 1. The second-order valence-corrected chi connectivity index (χ2v) is 4.12. The Morgan fingerprint density at radius 2 is 1.84 bits per heavy atom. The van der Waals surface area contributed by atoms with Gasteiger partial charge in [-0.2, -0.15) is 0 Å². The van der Waals surface area contributed by atoms with E-state index in [-0.39, 0.29) is 0 Å². The molecule has 2 bridgehead atoms. The number of fused-ring (bicyclic) bond motifs is 3. The van der Waals surface area contributed by atoms with E-state index in [0.29, 0.717) is 6.61 Å². The number of anilines is 1. The lowest BCUT2D eigenvalue weighted by Crippen LogP contribution is -2.40. The topological polar surface area (TPSA) is 56.8 Å². The third-order valence-corrected chi connectivity index (χ3v) is 2.88. The van der Waals surface area contributed by atoms with Gasteiger partial charge in [-0.3, -0.25) is 0 Å². The number of hydrogen-bond donors (Lipinski definition) is 1. The summed E-state index contributed by atoms with van der Waals surface area (Å²) in [6, 6.07) is 8.48. The van der Waals surface area contributed by atoms with E-state index in [1.807, 2.05) is 0 Å². The highest BCUT2D eigenvalue weighted by Crippen LogP contribution is 2.16. The number of carbonyl (C=O) groups is 1. The number of methoxy groups -OCH3 is 2. The molecule has 5 heteroatoms. The van der Waals surface area contributed by atoms with Crippen LogP contribution in [0.15, 0.2) is 24.3 Å². The largest absolute Gasteiger partial charge is 0.462 e. The second-order valence-electron chi connectivity index (χ2n) is 4.12. The van der Waals surface area contributed by atoms with Crippen molar-refractivity contribution in [2.45, 2.75) is 26.2 Å². The molecule has 0 amide bonds. The van der Waals surface area contributed by atoms with Gasteiger partial charge in [-0.15, -0.1) is 0 Å². The lowest BCUT2D eigenvalue weighted by Gasteiger charge is -2.23. The van der Waals surface area contributed by atoms with E-state index in [4.69, 9.17) is 14.2 Å². The quantitative estimate of drug-likeness (QED) is 0.669. The van der Waals surface area contributed by atoms with Gasteiger partial charge >= 0.3 is 5.97 Å². The van der Waals surface area contributed by atoms with E-state index in [2.05, 4.69) is 29.6 Å². The molecule has 19 heavy (non-hydrogen) atoms. The first kappa shape index (κ1) is 15.5. The standard InChI is InChI=1S/C7H7N.C7H14O4/c1-3-7-4-2-6(1)5-8-7;1-5-11-6(8)7(2,9-3)10-4/h1-4,8H,5H2;5H2,1-4H3. The van der Waals surface area contributed by atoms with Gasteiger partial charge in [-0.25, -0.2) is 4.79 Å². The molecule has 2 heterocycles. The average Bonchev–Trinajstić information content (AvgIpc) is 2.49. The van der Waals surface area contributed by atoms with E-state index in [1.54, 1.807) is 6.92 Å². The van der Waals surface area contributed by atoms with Crippen LogP contribution in [-0.4, -0.2) is 32.6 Å². The molecule has 1 N–H and O–H groups in total. The summed E-state index contributed by atoms with van der Waals surface area (Å²) in [4.78, 5) is 11.1. The molecule has 0 aliphatic carbocycles. The number of hydrogen-bond acceptors (Lipinski definition) is 5. The van der Waals surface area contributed by atoms with E-state index >= 15 is 0 Å². The molecule has 0 atom stereocenters. The summed E-state index contributed by atoms with van der Waals surface area (Å²) < 4.78 is 14.3. The summed E-state index contributed by atoms with van der Waals surface area (Å²) in [6.07, 6.45) is 0. The summed E-state index contributed by atoms with van der Waals surface area (Å²) in [6.45, 7) is 4.57. The Kier molecular flexibility index (Phi) is 5.79. The third-order valence-electron chi connectivity index (χ3n) is 2.88. The number of esters is 1. The van der Waals surface area contributed by atoms with E-state index < -0.39 is 11.8 Å². The van der Waals surface area contributed by atoms with Crippen LogP contribution in [-0.2, 0) is 25.5 Å². The molecule has 1 aromatic rings. The number of nitrogens with one attached hydrogen (secondary N) is 1. The van der Waals surface area contributed by atoms with Crippen molar-refractivity contribution >= 4 is 11.7 Å². The molecular weight excluding hydrogens is 246 g/mol. The SMILES string of the molecule is CCOC(=O)C(C)(OC)OC.c1cc2ccc1CN2. The van der Waals surface area contributed by atoms with Gasteiger partial charge in [0.05, 0.1) is 6.61 Å². The molecule has 0 fully saturated rings. The number of ether oxygens (including phenoxy) is 3. The van der Waals surface area contributed by atoms with Crippen LogP contribution in [0.4, 0.5) is 5.69 Å². The van der Waals surface area contributed by atoms with Crippen LogP contribution in [0.1, 0.15) is 19.4 Å². The monoisotopic (exact) mass is 267 g/mol. The maximum absolute atomic E-state index is 11.1. The summed E-state index contributed by atoms with van der Waals surface area (Å²) in [5.74, 6) is -1.78. The van der Waals surface area contributed by atoms with Crippen molar-refractivity contribution in [1.29, 1.82) is 0 Å². The Morgan fingerprint density at radius 1 is 1.26 bits per heavy atom. The molecule has 106 valence electrons. The molecule has 1 aromatic carbocycles. The molecular formula is C14H21NO4. The predicted octanol–water partition coefficient (Wildman–Crippen LogP) is 2.17. The van der Waals surface area contributed by atoms with Crippen molar-refractivity contribution in [3.8, 4) is 0 Å². The van der Waals surface area contributed by atoms with Crippen molar-refractivity contribution in [1.82, 2.24) is 0 Å². The molecule has 0 unspecified atom stereocenters. The van der Waals surface area contributed by atoms with Crippen LogP contribution in [0.25, 0.3) is 0 Å². The molecule has 5 nitrogen and oxygen atoms in total. The van der Waals surface area contributed by atoms with Crippen molar-refractivity contribution in [2.24, 2.45) is 0 Å². The second kappa shape index (κ2) is 7.11. The molecule has 0 aromatic heterocycles. The minimum atomic E-state index is -1.27. The maximum atomic E-state index is 11.1. The van der Waals surface area contributed by atoms with E-state index in [1.165, 1.54) is 32.4 Å². The zero-order chi connectivity index (χ0) is 14.3. The molecule has 0 saturated carbocycles. The zero-order valence-electron chi connectivity index (χ0n) is 11.9. The van der Waals surface area contributed by atoms with Crippen LogP contribution >= 0.6 is 0 Å². The van der Waals surface area contributed by atoms with Crippen molar-refractivity contribution in [2.75, 3.05) is 26.1 Å². The molecule has 0 saturated heterocycles. The third kappa shape index (κ3) is 4.22. The van der Waals surface area contributed by atoms with E-state index in [9.17, 15) is 4.79 Å². The normalized spacial score (nSPS) is 12.2. The van der Waals surface area contributed by atoms with Gasteiger partial charge in [0.1, 0.15) is 0 Å². The van der Waals surface area contributed by atoms with Crippen molar-refractivity contribution in [3.63, 3.8) is 0 Å². The maximum Gasteiger partial charge on any atom is 0.366 e. The Hall–Kier alpha value is -1.59. The van der Waals surface area contributed by atoms with Crippen molar-refractivity contribution in [3.05, 3.63) is 29.8 Å². The van der Waals surface area contributed by atoms with Gasteiger partial charge in [-0.1, -0.05) is 12.1 Å². The molecule has 2 aliphatic rings. The van der Waals surface area contributed by atoms with Gasteiger partial charge in [-0.05, 0) is 24.6 Å². The Labute approximate surface area is 113 Å². The first-order chi connectivity index (χ1) is 9.05. The molecule has 0 spiro atoms. The number of benzene rings is 1. The minimum absolute atomic E-state index is 0.321. The average molecular weight is 267 g/mol. The lowest BCUT2D eigenvalue weighted by atomic mass is 10.1. The zero-order valence-corrected chi connectivity index (χ0v) is 11.9. The summed E-state index contributed by atoms with van der Waals surface area (Å²) in [5.41, 5.74) is 2.61. The fourth-order valence-corrected chi connectivity index (χ4v) is 1.46. The van der Waals surface area contributed by atoms with Crippen LogP contribution in [0.5, 0.6) is 0 Å². The lowest BCUT2D eigenvalue weighted by molar-refractivity contribution is -0.222. The fraction of sp³-hybridized carbons (Fsp3) is 0.500. The summed E-state index contributed by atoms with van der Waals surface area (Å²) in [5, 5.41) is 3.22. The van der Waals surface area contributed by atoms with E-state index in [0.717, 1.165) is 6.54 Å². The highest BCUT2D eigenvalue weighted by molar-refractivity contribution is 5.77. The Morgan fingerprint density at radius 3 is 2.05 bits per heavy atom. The highest BCUT2D eigenvalue weighted by Gasteiger charge is 2.34. The van der Waals surface area contributed by atoms with Crippen LogP contribution in [0.3, 0.4) is 0 Å². The predicted molar refractivity (Wildman–Crippen MR) is 72.8 cm³/mol. The van der Waals surface area contributed by atoms with Gasteiger partial charge in [0.2, 0.25) is 0 Å². The first-order valence-electron chi connectivity index (χ1n) is 6.16. The minimum Gasteiger partial charge on any atom is -0.462 e. The fourth-order valence-electron chi connectivity index (χ4n) is 1.46. The van der Waals surface area contributed by atoms with Gasteiger partial charge in [0.15, 0.2) is 0 Å². The van der Waals surface area contributed by atoms with Gasteiger partial charge < -0.3 is 19.5 Å². The molecule has 2 aliphatic heterocycles. The van der Waals surface area contributed by atoms with Crippen LogP contribution in [0.2, 0.25) is 0 Å². The first-order valence-corrected chi connectivity index (χ1v) is 6.16. The molecule has 0 radical (unpaired) electrons. The van der Waals surface area contributed by atoms with Crippen LogP contribution < -0.4 is 5.32 Å². The van der Waals surface area contributed by atoms with Gasteiger partial charge in [0.25, 0.3) is 5.79 Å². The van der Waals surface area contributed by atoms with Gasteiger partial charge in [0, 0.05) is 33.4 Å². The molecule has 3 rings (SSSR count). The smallest absolute Gasteiger partial charge is 0.366 e. The Balaban J connectivity index is 0.000000196. The Bertz CT molecular complexity index is 375. The van der Waals surface area contributed by atoms with Crippen LogP contribution in [0, 0.1) is 0 Å².